The number of sulfonamides is 3. The number of nitrogens with zero attached hydrogens (tertiary/aromatic N) is 15. The van der Waals surface area contributed by atoms with Crippen LogP contribution in [0, 0.1) is 5.92 Å². The van der Waals surface area contributed by atoms with Crippen molar-refractivity contribution < 1.29 is 35.1 Å². The molecule has 8 heterocycles. The van der Waals surface area contributed by atoms with Gasteiger partial charge in [0.1, 0.15) is 30.6 Å². The van der Waals surface area contributed by atoms with E-state index >= 15 is 0 Å². The van der Waals surface area contributed by atoms with Crippen LogP contribution in [0.25, 0.3) is 17.5 Å². The molecule has 2 fully saturated rings. The molecule has 0 saturated carbocycles. The van der Waals surface area contributed by atoms with Gasteiger partial charge in [-0.25, -0.2) is 70.6 Å². The Labute approximate surface area is 544 Å². The first-order valence-electron chi connectivity index (χ1n) is 28.7. The van der Waals surface area contributed by atoms with E-state index in [1.54, 1.807) is 30.3 Å². The average Bonchev–Trinajstić information content (AvgIpc) is 1.60. The molecule has 500 valence electrons. The lowest BCUT2D eigenvalue weighted by Gasteiger charge is -2.25. The number of hydrogen-bond acceptors (Lipinski definition) is 32. The van der Waals surface area contributed by atoms with Crippen LogP contribution in [0.2, 0.25) is 0 Å². The number of aliphatic hydroxyl groups excluding tert-OH is 1. The molecule has 2 aliphatic rings. The summed E-state index contributed by atoms with van der Waals surface area (Å²) in [5.41, 5.74) is 19.8. The number of nitrogens with one attached hydrogen (secondary N) is 8. The van der Waals surface area contributed by atoms with Gasteiger partial charge in [0.25, 0.3) is 0 Å². The summed E-state index contributed by atoms with van der Waals surface area (Å²) in [4.78, 5) is 39.1. The Kier molecular flexibility index (Phi) is 22.2. The molecule has 6 aromatic heterocycles. The number of thioether (sulfide) groups is 1. The Bertz CT molecular complexity index is 4380. The van der Waals surface area contributed by atoms with E-state index in [0.29, 0.717) is 69.7 Å². The number of primary sulfonamides is 3. The van der Waals surface area contributed by atoms with Crippen molar-refractivity contribution in [3.8, 4) is 23.2 Å². The van der Waals surface area contributed by atoms with Crippen LogP contribution in [0.15, 0.2) is 117 Å². The number of benzene rings is 3. The zero-order valence-electron chi connectivity index (χ0n) is 51.0. The minimum atomic E-state index is -3.77. The van der Waals surface area contributed by atoms with E-state index < -0.39 is 30.1 Å². The van der Waals surface area contributed by atoms with Crippen LogP contribution in [0.5, 0.6) is 5.75 Å². The molecule has 94 heavy (non-hydrogen) atoms. The number of anilines is 12. The van der Waals surface area contributed by atoms with E-state index in [1.807, 2.05) is 6.26 Å². The highest BCUT2D eigenvalue weighted by Gasteiger charge is 2.25. The maximum Gasteiger partial charge on any atom is 0.248 e. The minimum absolute atomic E-state index is 0.0000282. The third kappa shape index (κ3) is 18.1. The molecule has 2 aliphatic heterocycles. The summed E-state index contributed by atoms with van der Waals surface area (Å²) in [6.07, 6.45) is 10.0. The third-order valence-electron chi connectivity index (χ3n) is 13.8. The van der Waals surface area contributed by atoms with E-state index in [4.69, 9.17) is 37.4 Å². The summed E-state index contributed by atoms with van der Waals surface area (Å²) >= 11 is 1.48. The molecule has 3 aromatic carbocycles. The van der Waals surface area contributed by atoms with Crippen molar-refractivity contribution in [1.29, 1.82) is 0 Å². The van der Waals surface area contributed by atoms with Crippen LogP contribution in [-0.2, 0) is 30.1 Å². The number of aliphatic hydroxyl groups is 1. The summed E-state index contributed by atoms with van der Waals surface area (Å²) in [6, 6.07) is 19.6. The van der Waals surface area contributed by atoms with Crippen molar-refractivity contribution in [2.45, 2.75) is 77.2 Å². The lowest BCUT2D eigenvalue weighted by molar-refractivity contribution is 0.259. The molecular weight excluding hydrogens is 1300 g/mol. The second-order valence-corrected chi connectivity index (χ2v) is 26.8. The van der Waals surface area contributed by atoms with Gasteiger partial charge in [-0.05, 0) is 124 Å². The predicted octanol–water partition coefficient (Wildman–Crippen LogP) is 1.58. The summed E-state index contributed by atoms with van der Waals surface area (Å²) < 4.78 is 78.0. The highest BCUT2D eigenvalue weighted by Crippen LogP contribution is 2.33. The van der Waals surface area contributed by atoms with Crippen molar-refractivity contribution in [3.63, 3.8) is 0 Å². The minimum Gasteiger partial charge on any atom is -0.490 e. The standard InChI is InChI=1S/C18H24N10O3S.C18H25N9O3S.C17H22N10O2S2/c1-31-14-15(24-12-3-2-8-21-9-12)22-10-23-16(14)28-17(19)26-18(27-28)25-11-4-6-13(7-5-11)32(20,29)30;1-11(2)7-13(9-28)23-15-8-16(22-10-21-15)27-17(19)25-18(26-27)24-12-3-5-14(6-4-12)31(20,29)30;1-30-13-14(23-11-6-7-20-8-11)21-9-22-15(13)27-16(18)25-17(26-27)24-10-2-4-12(5-3-10)31(19,28)29/h4-7,10,12,21H,2-3,8-9H2,1H3,(H2,20,29,30)(H,22,23,24)(H3,19,25,26,27);3-6,8,10-11,13,28H,7,9H2,1-2H3,(H2,20,29,30)(H,21,22,23)(H3,19,24,25,26);2-5,9,11,20H,6-8H2,1H3,(H2,19,28,29)(H,21,22,23)(H3,18,24,25,26)/t;13-;11-/m.00/s1. The molecule has 0 bridgehead atoms. The molecule has 0 amide bonds. The summed E-state index contributed by atoms with van der Waals surface area (Å²) in [6.45, 7) is 7.78. The fourth-order valence-corrected chi connectivity index (χ4v) is 11.6. The van der Waals surface area contributed by atoms with Gasteiger partial charge in [-0.15, -0.1) is 27.1 Å². The number of piperidine rings is 1. The predicted molar refractivity (Wildman–Crippen MR) is 354 cm³/mol. The maximum absolute atomic E-state index is 11.4. The van der Waals surface area contributed by atoms with Gasteiger partial charge >= 0.3 is 0 Å². The Morgan fingerprint density at radius 3 is 1.51 bits per heavy atom. The summed E-state index contributed by atoms with van der Waals surface area (Å²) in [7, 11) is -9.79. The molecule has 0 aliphatic carbocycles. The summed E-state index contributed by atoms with van der Waals surface area (Å²) in [5, 5.41) is 63.5. The molecule has 1 unspecified atom stereocenters. The van der Waals surface area contributed by atoms with E-state index in [-0.39, 0.29) is 69.1 Å². The average molecular weight is 1370 g/mol. The van der Waals surface area contributed by atoms with E-state index in [9.17, 15) is 30.4 Å². The monoisotopic (exact) mass is 1370 g/mol. The first-order valence-corrected chi connectivity index (χ1v) is 34.5. The van der Waals surface area contributed by atoms with Gasteiger partial charge < -0.3 is 69.6 Å². The largest absolute Gasteiger partial charge is 0.490 e. The third-order valence-corrected chi connectivity index (χ3v) is 17.4. The van der Waals surface area contributed by atoms with Crippen molar-refractivity contribution in [1.82, 2.24) is 84.8 Å². The molecule has 9 aromatic rings. The van der Waals surface area contributed by atoms with E-state index in [0.717, 1.165) is 56.8 Å². The van der Waals surface area contributed by atoms with Crippen molar-refractivity contribution in [2.75, 3.05) is 95.3 Å². The zero-order valence-corrected chi connectivity index (χ0v) is 54.3. The van der Waals surface area contributed by atoms with Crippen LogP contribution in [-0.4, -0.2) is 169 Å². The SMILES string of the molecule is CC(C)C[C@@H](CO)Nc1cc(-n2nc(Nc3ccc(S(N)(=O)=O)cc3)nc2N)ncn1.COc1c(NC2CCCNC2)ncnc1-n1nc(Nc2ccc(S(N)(=O)=O)cc2)nc1N.CSc1c(N[C@H]2CCNC2)ncnc1-n1nc(Nc2ccc(S(N)(=O)=O)cc2)nc1N. The number of methoxy groups -OCH3 is 1. The first kappa shape index (κ1) is 68.6. The molecule has 37 nitrogen and oxygen atoms in total. The smallest absolute Gasteiger partial charge is 0.248 e. The Morgan fingerprint density at radius 1 is 0.606 bits per heavy atom. The Balaban J connectivity index is 0.000000166. The number of nitrogen functional groups attached to an aromatic ring is 3. The number of nitrogens with two attached hydrogens (primary N) is 6. The van der Waals surface area contributed by atoms with Crippen molar-refractivity contribution >= 4 is 112 Å². The van der Waals surface area contributed by atoms with Crippen LogP contribution in [0.1, 0.15) is 39.5 Å². The van der Waals surface area contributed by atoms with Crippen LogP contribution >= 0.6 is 11.8 Å². The number of hydrogen-bond donors (Lipinski definition) is 15. The topological polar surface area (TPSA) is 554 Å². The quantitative estimate of drug-likeness (QED) is 0.0404. The van der Waals surface area contributed by atoms with Gasteiger partial charge in [-0.2, -0.15) is 29.0 Å². The number of aromatic nitrogens is 15. The van der Waals surface area contributed by atoms with Crippen LogP contribution in [0.3, 0.4) is 0 Å². The number of rotatable bonds is 23. The number of ether oxygens (including phenoxy) is 1. The van der Waals surface area contributed by atoms with Crippen LogP contribution in [0.4, 0.5) is 70.2 Å². The Morgan fingerprint density at radius 2 is 1.05 bits per heavy atom. The van der Waals surface area contributed by atoms with Gasteiger partial charge in [0, 0.05) is 48.3 Å². The maximum atomic E-state index is 11.4. The Hall–Kier alpha value is -9.72. The fourth-order valence-electron chi connectivity index (χ4n) is 9.43. The van der Waals surface area contributed by atoms with Crippen molar-refractivity contribution in [2.24, 2.45) is 21.3 Å². The molecule has 0 radical (unpaired) electrons. The molecule has 11 rings (SSSR count). The zero-order chi connectivity index (χ0) is 67.3. The molecule has 0 spiro atoms. The van der Waals surface area contributed by atoms with Gasteiger partial charge in [0.2, 0.25) is 77.3 Å². The van der Waals surface area contributed by atoms with E-state index in [2.05, 4.69) is 117 Å². The normalized spacial score (nSPS) is 15.2. The molecular formula is C53H71N29O8S4. The molecule has 41 heteroatoms. The molecule has 3 atom stereocenters. The lowest BCUT2D eigenvalue weighted by atomic mass is 10.0. The van der Waals surface area contributed by atoms with Crippen LogP contribution < -0.4 is 79.9 Å². The first-order chi connectivity index (χ1) is 44.8. The second-order valence-electron chi connectivity index (χ2n) is 21.3. The van der Waals surface area contributed by atoms with Gasteiger partial charge in [-0.1, -0.05) is 13.8 Å². The summed E-state index contributed by atoms with van der Waals surface area (Å²) in [5.74, 6) is 4.74. The second kappa shape index (κ2) is 30.4. The van der Waals surface area contributed by atoms with Crippen molar-refractivity contribution in [3.05, 3.63) is 97.8 Å². The van der Waals surface area contributed by atoms with Gasteiger partial charge in [0.15, 0.2) is 17.5 Å². The molecule has 21 N–H and O–H groups in total. The fraction of sp³-hybridized carbons (Fsp3) is 0.321. The molecule has 2 saturated heterocycles. The lowest BCUT2D eigenvalue weighted by Crippen LogP contribution is -2.38. The van der Waals surface area contributed by atoms with Gasteiger partial charge in [0.05, 0.1) is 39.3 Å². The van der Waals surface area contributed by atoms with E-state index in [1.165, 1.54) is 100 Å². The highest BCUT2D eigenvalue weighted by molar-refractivity contribution is 7.98. The highest BCUT2D eigenvalue weighted by atomic mass is 32.2. The van der Waals surface area contributed by atoms with Gasteiger partial charge in [-0.3, -0.25) is 0 Å².